The highest BCUT2D eigenvalue weighted by atomic mass is 19.4. The van der Waals surface area contributed by atoms with Gasteiger partial charge in [0.15, 0.2) is 0 Å². The number of nitrogens with zero attached hydrogens (tertiary/aromatic N) is 3. The quantitative estimate of drug-likeness (QED) is 0.232. The van der Waals surface area contributed by atoms with Crippen molar-refractivity contribution >= 4 is 29.0 Å². The van der Waals surface area contributed by atoms with Crippen LogP contribution in [0.4, 0.5) is 17.6 Å². The predicted octanol–water partition coefficient (Wildman–Crippen LogP) is 3.97. The Hall–Kier alpha value is -3.93. The number of aryl methyl sites for hydroxylation is 1. The number of carbonyl (C=O) groups is 2. The summed E-state index contributed by atoms with van der Waals surface area (Å²) in [6.45, 7) is 3.37. The molecule has 1 unspecified atom stereocenters. The Labute approximate surface area is 224 Å². The molecule has 3 atom stereocenters. The first kappa shape index (κ1) is 26.3. The van der Waals surface area contributed by atoms with Gasteiger partial charge < -0.3 is 14.4 Å². The zero-order valence-corrected chi connectivity index (χ0v) is 21.4. The van der Waals surface area contributed by atoms with Crippen molar-refractivity contribution in [1.29, 1.82) is 0 Å². The van der Waals surface area contributed by atoms with E-state index in [-0.39, 0.29) is 18.7 Å². The normalized spacial score (nSPS) is 20.3. The van der Waals surface area contributed by atoms with Crippen LogP contribution in [0.3, 0.4) is 0 Å². The van der Waals surface area contributed by atoms with Gasteiger partial charge in [-0.2, -0.15) is 13.2 Å². The Kier molecular flexibility index (Phi) is 5.95. The highest BCUT2D eigenvalue weighted by Crippen LogP contribution is 2.45. The number of aliphatic hydroxyl groups is 1. The standard InChI is InChI=1S/C28H23F4N3O5/c1-3-13-15-6-20-23-16(9-35(20)26(38)17(15)10-40-27(13)39)21-12(8-33-25(37)24(36)28(30,31)32)4-5-14-11(2)18(29)7-19(34-23)22(14)21/h6-8,12-13,24,36H,3-5,9-10H2,1-2H3/b33-8-/t12?,13-,24-/m1/s1. The number of aromatic nitrogens is 2. The van der Waals surface area contributed by atoms with Crippen molar-refractivity contribution in [3.8, 4) is 11.4 Å². The van der Waals surface area contributed by atoms with Gasteiger partial charge in [0.2, 0.25) is 6.10 Å². The molecule has 6 rings (SSSR count). The van der Waals surface area contributed by atoms with Gasteiger partial charge in [0.1, 0.15) is 12.4 Å². The molecule has 0 spiro atoms. The Morgan fingerprint density at radius 2 is 2.02 bits per heavy atom. The summed E-state index contributed by atoms with van der Waals surface area (Å²) in [6.07, 6.45) is -6.23. The van der Waals surface area contributed by atoms with Gasteiger partial charge in [-0.25, -0.2) is 14.4 Å². The summed E-state index contributed by atoms with van der Waals surface area (Å²) in [7, 11) is 0. The number of benzene rings is 1. The number of aliphatic hydroxyl groups excluding tert-OH is 1. The van der Waals surface area contributed by atoms with Crippen LogP contribution in [0.5, 0.6) is 0 Å². The van der Waals surface area contributed by atoms with Gasteiger partial charge in [-0.15, -0.1) is 0 Å². The molecular weight excluding hydrogens is 534 g/mol. The Bertz CT molecular complexity index is 1730. The average Bonchev–Trinajstić information content (AvgIpc) is 3.28. The van der Waals surface area contributed by atoms with Crippen molar-refractivity contribution in [2.45, 2.75) is 70.4 Å². The molecule has 0 fully saturated rings. The number of halogens is 4. The third kappa shape index (κ3) is 3.80. The number of hydrogen-bond donors (Lipinski definition) is 1. The number of hydrogen-bond acceptors (Lipinski definition) is 6. The van der Waals surface area contributed by atoms with Gasteiger partial charge in [0.25, 0.3) is 11.5 Å². The molecule has 1 aliphatic carbocycles. The third-order valence-corrected chi connectivity index (χ3v) is 8.17. The molecule has 40 heavy (non-hydrogen) atoms. The van der Waals surface area contributed by atoms with Crippen LogP contribution in [0, 0.1) is 12.7 Å². The second kappa shape index (κ2) is 9.05. The first-order chi connectivity index (χ1) is 18.9. The van der Waals surface area contributed by atoms with E-state index in [9.17, 15) is 37.1 Å². The molecule has 0 saturated heterocycles. The highest BCUT2D eigenvalue weighted by molar-refractivity contribution is 5.98. The molecule has 1 N–H and O–H groups in total. The fourth-order valence-corrected chi connectivity index (χ4v) is 6.14. The molecule has 1 aromatic carbocycles. The van der Waals surface area contributed by atoms with E-state index in [1.165, 1.54) is 10.6 Å². The smallest absolute Gasteiger partial charge is 0.423 e. The summed E-state index contributed by atoms with van der Waals surface area (Å²) in [5.74, 6) is -3.91. The Balaban J connectivity index is 1.57. The number of ether oxygens (including phenoxy) is 1. The van der Waals surface area contributed by atoms with Crippen LogP contribution in [-0.2, 0) is 33.9 Å². The first-order valence-corrected chi connectivity index (χ1v) is 12.8. The predicted molar refractivity (Wildman–Crippen MR) is 135 cm³/mol. The highest BCUT2D eigenvalue weighted by Gasteiger charge is 2.44. The lowest BCUT2D eigenvalue weighted by Crippen LogP contribution is -2.35. The maximum atomic E-state index is 14.9. The van der Waals surface area contributed by atoms with Gasteiger partial charge in [-0.1, -0.05) is 6.92 Å². The number of esters is 1. The summed E-state index contributed by atoms with van der Waals surface area (Å²) >= 11 is 0. The van der Waals surface area contributed by atoms with Crippen LogP contribution in [0.25, 0.3) is 22.3 Å². The molecule has 3 aromatic rings. The van der Waals surface area contributed by atoms with Crippen molar-refractivity contribution in [2.75, 3.05) is 0 Å². The number of pyridine rings is 2. The SMILES string of the molecule is CC[C@H]1C(=O)OCc2c1cc1n(c2=O)Cc2c-1nc1cc(F)c(C)c3c1c2C(/C=N\C(=O)[C@@H](O)C(F)(F)F)CC3. The maximum Gasteiger partial charge on any atom is 0.423 e. The molecule has 1 amide bonds. The largest absolute Gasteiger partial charge is 0.460 e. The van der Waals surface area contributed by atoms with Crippen LogP contribution < -0.4 is 5.56 Å². The van der Waals surface area contributed by atoms with Crippen molar-refractivity contribution in [3.63, 3.8) is 0 Å². The third-order valence-electron chi connectivity index (χ3n) is 8.17. The molecule has 8 nitrogen and oxygen atoms in total. The minimum Gasteiger partial charge on any atom is -0.460 e. The minimum absolute atomic E-state index is 0.0825. The lowest BCUT2D eigenvalue weighted by molar-refractivity contribution is -0.203. The lowest BCUT2D eigenvalue weighted by Gasteiger charge is -2.27. The lowest BCUT2D eigenvalue weighted by atomic mass is 9.78. The minimum atomic E-state index is -5.16. The Morgan fingerprint density at radius 1 is 1.27 bits per heavy atom. The van der Waals surface area contributed by atoms with Gasteiger partial charge >= 0.3 is 12.1 Å². The number of cyclic esters (lactones) is 1. The second-order valence-electron chi connectivity index (χ2n) is 10.3. The molecule has 3 aliphatic rings. The fourth-order valence-electron chi connectivity index (χ4n) is 6.14. The van der Waals surface area contributed by atoms with E-state index >= 15 is 0 Å². The second-order valence-corrected chi connectivity index (χ2v) is 10.3. The van der Waals surface area contributed by atoms with Crippen molar-refractivity contribution in [2.24, 2.45) is 4.99 Å². The molecule has 0 bridgehead atoms. The van der Waals surface area contributed by atoms with E-state index in [1.54, 1.807) is 13.0 Å². The van der Waals surface area contributed by atoms with Crippen molar-refractivity contribution in [3.05, 3.63) is 61.7 Å². The molecule has 0 radical (unpaired) electrons. The van der Waals surface area contributed by atoms with E-state index in [4.69, 9.17) is 9.72 Å². The average molecular weight is 558 g/mol. The summed E-state index contributed by atoms with van der Waals surface area (Å²) in [6, 6.07) is 3.02. The number of carbonyl (C=O) groups excluding carboxylic acids is 2. The number of alkyl halides is 3. The molecule has 0 saturated carbocycles. The van der Waals surface area contributed by atoms with Gasteiger partial charge in [-0.05, 0) is 54.5 Å². The number of amides is 1. The summed E-state index contributed by atoms with van der Waals surface area (Å²) in [4.78, 5) is 46.1. The maximum absolute atomic E-state index is 14.9. The van der Waals surface area contributed by atoms with Crippen LogP contribution in [0.2, 0.25) is 0 Å². The van der Waals surface area contributed by atoms with Crippen molar-refractivity contribution < 1.29 is 37.0 Å². The van der Waals surface area contributed by atoms with Crippen LogP contribution in [0.15, 0.2) is 21.9 Å². The number of aliphatic imine (C=N–C) groups is 1. The molecule has 2 aliphatic heterocycles. The summed E-state index contributed by atoms with van der Waals surface area (Å²) < 4.78 is 60.2. The van der Waals surface area contributed by atoms with Crippen molar-refractivity contribution in [1.82, 2.24) is 9.55 Å². The zero-order valence-electron chi connectivity index (χ0n) is 21.4. The van der Waals surface area contributed by atoms with Gasteiger partial charge in [0, 0.05) is 29.1 Å². The topological polar surface area (TPSA) is 111 Å². The Morgan fingerprint density at radius 3 is 2.73 bits per heavy atom. The van der Waals surface area contributed by atoms with Gasteiger partial charge in [-0.3, -0.25) is 14.4 Å². The van der Waals surface area contributed by atoms with E-state index in [0.29, 0.717) is 74.9 Å². The van der Waals surface area contributed by atoms with Gasteiger partial charge in [0.05, 0.1) is 34.9 Å². The van der Waals surface area contributed by atoms with E-state index in [2.05, 4.69) is 4.99 Å². The number of rotatable bonds is 3. The molecule has 208 valence electrons. The fraction of sp³-hybridized carbons (Fsp3) is 0.393. The molecular formula is C28H23F4N3O5. The number of fused-ring (bicyclic) bond motifs is 5. The molecule has 4 heterocycles. The van der Waals surface area contributed by atoms with Crippen LogP contribution in [0.1, 0.15) is 65.0 Å². The molecule has 12 heteroatoms. The summed E-state index contributed by atoms with van der Waals surface area (Å²) in [5, 5.41) is 9.93. The van der Waals surface area contributed by atoms with E-state index in [1.807, 2.05) is 6.92 Å². The molecule has 2 aromatic heterocycles. The summed E-state index contributed by atoms with van der Waals surface area (Å²) in [5.41, 5.74) is 4.04. The first-order valence-electron chi connectivity index (χ1n) is 12.8. The van der Waals surface area contributed by atoms with Crippen LogP contribution in [-0.4, -0.2) is 45.0 Å². The van der Waals surface area contributed by atoms with Crippen LogP contribution >= 0.6 is 0 Å². The van der Waals surface area contributed by atoms with E-state index < -0.39 is 41.8 Å². The monoisotopic (exact) mass is 557 g/mol. The zero-order chi connectivity index (χ0) is 28.7. The van der Waals surface area contributed by atoms with E-state index in [0.717, 1.165) is 6.21 Å².